The zero-order valence-corrected chi connectivity index (χ0v) is 10.3. The lowest BCUT2D eigenvalue weighted by Crippen LogP contribution is -2.39. The van der Waals surface area contributed by atoms with Crippen LogP contribution < -0.4 is 5.32 Å². The van der Waals surface area contributed by atoms with Crippen LogP contribution in [0, 0.1) is 0 Å². The summed E-state index contributed by atoms with van der Waals surface area (Å²) in [4.78, 5) is 11.1. The summed E-state index contributed by atoms with van der Waals surface area (Å²) in [5.74, 6) is -0.904. The van der Waals surface area contributed by atoms with Gasteiger partial charge in [-0.05, 0) is 11.6 Å². The van der Waals surface area contributed by atoms with Crippen LogP contribution in [0.2, 0.25) is 0 Å². The van der Waals surface area contributed by atoms with Gasteiger partial charge in [0.15, 0.2) is 0 Å². The minimum absolute atomic E-state index is 0.0296. The molecule has 2 rings (SSSR count). The number of nitrogens with one attached hydrogen (secondary N) is 1. The smallest absolute Gasteiger partial charge is 0.336 e. The highest BCUT2D eigenvalue weighted by atomic mass is 16.5. The Hall–Kier alpha value is -1.43. The highest BCUT2D eigenvalue weighted by molar-refractivity contribution is 5.89. The summed E-state index contributed by atoms with van der Waals surface area (Å²) >= 11 is 0. The van der Waals surface area contributed by atoms with Gasteiger partial charge in [-0.2, -0.15) is 0 Å². The van der Waals surface area contributed by atoms with Gasteiger partial charge in [0.25, 0.3) is 0 Å². The second-order valence-corrected chi connectivity index (χ2v) is 4.26. The van der Waals surface area contributed by atoms with E-state index in [1.165, 1.54) is 0 Å². The first-order valence-corrected chi connectivity index (χ1v) is 5.87. The van der Waals surface area contributed by atoms with Gasteiger partial charge in [-0.25, -0.2) is 4.79 Å². The summed E-state index contributed by atoms with van der Waals surface area (Å²) in [7, 11) is 1.65. The fourth-order valence-electron chi connectivity index (χ4n) is 2.08. The number of methoxy groups -OCH3 is 1. The van der Waals surface area contributed by atoms with Gasteiger partial charge in [-0.1, -0.05) is 18.2 Å². The van der Waals surface area contributed by atoms with Crippen molar-refractivity contribution in [3.8, 4) is 0 Å². The summed E-state index contributed by atoms with van der Waals surface area (Å²) in [5, 5.41) is 12.4. The first kappa shape index (κ1) is 13.0. The number of ether oxygens (including phenoxy) is 2. The number of aromatic carboxylic acids is 1. The van der Waals surface area contributed by atoms with Crippen molar-refractivity contribution in [3.63, 3.8) is 0 Å². The number of carboxylic acids is 1. The lowest BCUT2D eigenvalue weighted by atomic mass is 10.1. The van der Waals surface area contributed by atoms with Crippen molar-refractivity contribution in [2.75, 3.05) is 20.3 Å². The largest absolute Gasteiger partial charge is 0.478 e. The molecular formula is C13H17NO4. The number of carbonyl (C=O) groups is 1. The third-order valence-electron chi connectivity index (χ3n) is 3.13. The van der Waals surface area contributed by atoms with E-state index < -0.39 is 5.97 Å². The normalized spacial score (nSPS) is 23.2. The van der Waals surface area contributed by atoms with Crippen molar-refractivity contribution >= 4 is 5.97 Å². The summed E-state index contributed by atoms with van der Waals surface area (Å²) < 4.78 is 10.6. The maximum absolute atomic E-state index is 11.1. The Bertz CT molecular complexity index is 421. The molecule has 0 aromatic heterocycles. The maximum atomic E-state index is 11.1. The Kier molecular flexibility index (Phi) is 4.30. The van der Waals surface area contributed by atoms with Gasteiger partial charge in [0.05, 0.1) is 30.9 Å². The molecule has 0 bridgehead atoms. The summed E-state index contributed by atoms with van der Waals surface area (Å²) in [6.07, 6.45) is 0.0296. The molecule has 1 aliphatic heterocycles. The third-order valence-corrected chi connectivity index (χ3v) is 3.13. The topological polar surface area (TPSA) is 67.8 Å². The van der Waals surface area contributed by atoms with Gasteiger partial charge in [0.2, 0.25) is 0 Å². The van der Waals surface area contributed by atoms with Crippen LogP contribution in [0.25, 0.3) is 0 Å². The van der Waals surface area contributed by atoms with Crippen molar-refractivity contribution in [1.29, 1.82) is 0 Å². The van der Waals surface area contributed by atoms with E-state index in [0.717, 1.165) is 5.56 Å². The molecule has 18 heavy (non-hydrogen) atoms. The molecule has 0 unspecified atom stereocenters. The molecule has 1 aliphatic rings. The van der Waals surface area contributed by atoms with Crippen molar-refractivity contribution in [2.45, 2.75) is 18.7 Å². The first-order chi connectivity index (χ1) is 8.72. The summed E-state index contributed by atoms with van der Waals surface area (Å²) in [5.41, 5.74) is 1.10. The van der Waals surface area contributed by atoms with Crippen LogP contribution in [0.15, 0.2) is 24.3 Å². The molecular weight excluding hydrogens is 234 g/mol. The molecule has 1 aromatic carbocycles. The Morgan fingerprint density at radius 1 is 1.50 bits per heavy atom. The van der Waals surface area contributed by atoms with Crippen LogP contribution >= 0.6 is 0 Å². The first-order valence-electron chi connectivity index (χ1n) is 5.87. The van der Waals surface area contributed by atoms with Gasteiger partial charge in [-0.15, -0.1) is 0 Å². The average molecular weight is 251 g/mol. The minimum Gasteiger partial charge on any atom is -0.478 e. The molecule has 0 aliphatic carbocycles. The fourth-order valence-corrected chi connectivity index (χ4v) is 2.08. The van der Waals surface area contributed by atoms with Crippen LogP contribution in [-0.2, 0) is 16.0 Å². The highest BCUT2D eigenvalue weighted by Gasteiger charge is 2.27. The minimum atomic E-state index is -0.904. The number of hydrogen-bond donors (Lipinski definition) is 2. The van der Waals surface area contributed by atoms with E-state index in [4.69, 9.17) is 14.6 Å². The summed E-state index contributed by atoms with van der Waals surface area (Å²) in [6, 6.07) is 7.09. The molecule has 1 saturated heterocycles. The molecule has 1 fully saturated rings. The lowest BCUT2D eigenvalue weighted by Gasteiger charge is -2.18. The van der Waals surface area contributed by atoms with E-state index in [1.807, 2.05) is 12.1 Å². The van der Waals surface area contributed by atoms with Crippen LogP contribution in [0.4, 0.5) is 0 Å². The quantitative estimate of drug-likeness (QED) is 0.813. The number of carboxylic acid groups (broad SMARTS) is 1. The van der Waals surface area contributed by atoms with E-state index in [2.05, 4.69) is 5.32 Å². The van der Waals surface area contributed by atoms with Crippen molar-refractivity contribution in [3.05, 3.63) is 35.4 Å². The zero-order valence-electron chi connectivity index (χ0n) is 10.3. The zero-order chi connectivity index (χ0) is 13.0. The second kappa shape index (κ2) is 5.95. The molecule has 0 saturated carbocycles. The monoisotopic (exact) mass is 251 g/mol. The van der Waals surface area contributed by atoms with Crippen LogP contribution in [0.1, 0.15) is 15.9 Å². The Labute approximate surface area is 106 Å². The molecule has 2 atom stereocenters. The highest BCUT2D eigenvalue weighted by Crippen LogP contribution is 2.12. The van der Waals surface area contributed by atoms with Gasteiger partial charge in [0, 0.05) is 13.7 Å². The molecule has 0 spiro atoms. The van der Waals surface area contributed by atoms with Crippen LogP contribution in [-0.4, -0.2) is 43.5 Å². The lowest BCUT2D eigenvalue weighted by molar-refractivity contribution is 0.0694. The molecule has 2 N–H and O–H groups in total. The molecule has 0 amide bonds. The van der Waals surface area contributed by atoms with Crippen molar-refractivity contribution in [1.82, 2.24) is 5.32 Å². The van der Waals surface area contributed by atoms with E-state index in [9.17, 15) is 4.79 Å². The number of rotatable bonds is 5. The SMILES string of the molecule is CO[C@H]1COC[C@@H]1NCc1ccccc1C(=O)O. The molecule has 5 heteroatoms. The van der Waals surface area contributed by atoms with Crippen LogP contribution in [0.5, 0.6) is 0 Å². The Morgan fingerprint density at radius 2 is 2.28 bits per heavy atom. The van der Waals surface area contributed by atoms with Gasteiger partial charge in [-0.3, -0.25) is 0 Å². The summed E-state index contributed by atoms with van der Waals surface area (Å²) in [6.45, 7) is 1.67. The molecule has 98 valence electrons. The van der Waals surface area contributed by atoms with Crippen LogP contribution in [0.3, 0.4) is 0 Å². The Morgan fingerprint density at radius 3 is 3.00 bits per heavy atom. The van der Waals surface area contributed by atoms with E-state index in [-0.39, 0.29) is 12.1 Å². The average Bonchev–Trinajstić information content (AvgIpc) is 2.84. The van der Waals surface area contributed by atoms with Gasteiger partial charge in [0.1, 0.15) is 0 Å². The number of hydrogen-bond acceptors (Lipinski definition) is 4. The standard InChI is InChI=1S/C13H17NO4/c1-17-12-8-18-7-11(12)14-6-9-4-2-3-5-10(9)13(15)16/h2-5,11-12,14H,6-8H2,1H3,(H,15,16)/t11-,12-/m0/s1. The van der Waals surface area contributed by atoms with E-state index >= 15 is 0 Å². The fraction of sp³-hybridized carbons (Fsp3) is 0.462. The molecule has 5 nitrogen and oxygen atoms in total. The molecule has 1 heterocycles. The predicted octanol–water partition coefficient (Wildman–Crippen LogP) is 0.888. The third kappa shape index (κ3) is 2.87. The maximum Gasteiger partial charge on any atom is 0.336 e. The predicted molar refractivity (Wildman–Crippen MR) is 65.6 cm³/mol. The molecule has 0 radical (unpaired) electrons. The van der Waals surface area contributed by atoms with E-state index in [1.54, 1.807) is 19.2 Å². The van der Waals surface area contributed by atoms with E-state index in [0.29, 0.717) is 25.3 Å². The van der Waals surface area contributed by atoms with Crippen molar-refractivity contribution in [2.24, 2.45) is 0 Å². The second-order valence-electron chi connectivity index (χ2n) is 4.26. The van der Waals surface area contributed by atoms with Gasteiger partial charge >= 0.3 is 5.97 Å². The van der Waals surface area contributed by atoms with Crippen molar-refractivity contribution < 1.29 is 19.4 Å². The Balaban J connectivity index is 2.00. The molecule has 1 aromatic rings. The van der Waals surface area contributed by atoms with Gasteiger partial charge < -0.3 is 19.9 Å². The number of benzene rings is 1.